The fourth-order valence-electron chi connectivity index (χ4n) is 4.94. The van der Waals surface area contributed by atoms with Crippen LogP contribution in [0.3, 0.4) is 0 Å². The van der Waals surface area contributed by atoms with E-state index in [0.717, 1.165) is 45.6 Å². The molecule has 4 fully saturated rings. The van der Waals surface area contributed by atoms with Crippen LogP contribution >= 0.6 is 0 Å². The maximum absolute atomic E-state index is 13.3. The first kappa shape index (κ1) is 14.9. The van der Waals surface area contributed by atoms with E-state index in [4.69, 9.17) is 9.47 Å². The van der Waals surface area contributed by atoms with E-state index in [-0.39, 0.29) is 11.5 Å². The molecule has 0 spiro atoms. The maximum atomic E-state index is 13.3. The van der Waals surface area contributed by atoms with E-state index in [2.05, 4.69) is 4.90 Å². The van der Waals surface area contributed by atoms with Crippen molar-refractivity contribution in [2.45, 2.75) is 50.7 Å². The molecule has 4 rings (SSSR count). The van der Waals surface area contributed by atoms with E-state index in [1.54, 1.807) is 0 Å². The molecule has 3 aliphatic heterocycles. The van der Waals surface area contributed by atoms with Crippen LogP contribution in [-0.4, -0.2) is 73.9 Å². The van der Waals surface area contributed by atoms with Crippen LogP contribution in [0.4, 0.5) is 0 Å². The van der Waals surface area contributed by atoms with Crippen LogP contribution in [0, 0.1) is 5.41 Å². The van der Waals surface area contributed by atoms with Gasteiger partial charge in [-0.15, -0.1) is 0 Å². The van der Waals surface area contributed by atoms with Crippen LogP contribution in [0.5, 0.6) is 0 Å². The standard InChI is InChI=1S/C17H28N2O3/c20-16(18-8-11-21-12-9-18)17-6-10-22-15(17)5-7-19(13-17)14-3-1-2-4-14/h14-15H,1-13H2/t15-,17-/m0/s1. The Morgan fingerprint density at radius 3 is 2.55 bits per heavy atom. The minimum absolute atomic E-state index is 0.139. The second-order valence-corrected chi connectivity index (χ2v) is 7.37. The summed E-state index contributed by atoms with van der Waals surface area (Å²) >= 11 is 0. The van der Waals surface area contributed by atoms with Gasteiger partial charge in [0.2, 0.25) is 5.91 Å². The highest BCUT2D eigenvalue weighted by Crippen LogP contribution is 2.44. The lowest BCUT2D eigenvalue weighted by atomic mass is 9.74. The molecule has 0 aromatic heterocycles. The molecule has 0 aromatic rings. The van der Waals surface area contributed by atoms with Crippen molar-refractivity contribution in [1.29, 1.82) is 0 Å². The molecule has 0 radical (unpaired) electrons. The molecule has 124 valence electrons. The molecule has 1 aliphatic carbocycles. The lowest BCUT2D eigenvalue weighted by Gasteiger charge is -2.47. The number of amides is 1. The molecule has 2 atom stereocenters. The number of ether oxygens (including phenoxy) is 2. The van der Waals surface area contributed by atoms with Gasteiger partial charge >= 0.3 is 0 Å². The zero-order valence-corrected chi connectivity index (χ0v) is 13.5. The third-order valence-corrected chi connectivity index (χ3v) is 6.21. The van der Waals surface area contributed by atoms with E-state index in [1.165, 1.54) is 25.7 Å². The highest BCUT2D eigenvalue weighted by molar-refractivity contribution is 5.84. The summed E-state index contributed by atoms with van der Waals surface area (Å²) in [6.07, 6.45) is 7.39. The Morgan fingerprint density at radius 2 is 1.77 bits per heavy atom. The number of fused-ring (bicyclic) bond motifs is 1. The Labute approximate surface area is 132 Å². The van der Waals surface area contributed by atoms with Crippen molar-refractivity contribution in [3.05, 3.63) is 0 Å². The van der Waals surface area contributed by atoms with E-state index in [0.29, 0.717) is 25.2 Å². The van der Waals surface area contributed by atoms with Crippen LogP contribution in [0.1, 0.15) is 38.5 Å². The van der Waals surface area contributed by atoms with E-state index < -0.39 is 0 Å². The molecule has 5 heteroatoms. The fraction of sp³-hybridized carbons (Fsp3) is 0.941. The Kier molecular flexibility index (Phi) is 4.13. The van der Waals surface area contributed by atoms with Gasteiger partial charge in [-0.3, -0.25) is 9.69 Å². The molecule has 0 unspecified atom stereocenters. The van der Waals surface area contributed by atoms with E-state index >= 15 is 0 Å². The average Bonchev–Trinajstić information content (AvgIpc) is 3.24. The number of morpholine rings is 1. The van der Waals surface area contributed by atoms with Gasteiger partial charge in [-0.05, 0) is 25.7 Å². The molecule has 5 nitrogen and oxygen atoms in total. The molecule has 22 heavy (non-hydrogen) atoms. The van der Waals surface area contributed by atoms with Crippen molar-refractivity contribution in [2.75, 3.05) is 46.0 Å². The Balaban J connectivity index is 1.53. The van der Waals surface area contributed by atoms with Crippen molar-refractivity contribution >= 4 is 5.91 Å². The minimum Gasteiger partial charge on any atom is -0.378 e. The van der Waals surface area contributed by atoms with Gasteiger partial charge in [-0.1, -0.05) is 12.8 Å². The maximum Gasteiger partial charge on any atom is 0.232 e. The monoisotopic (exact) mass is 308 g/mol. The lowest BCUT2D eigenvalue weighted by Crippen LogP contribution is -2.60. The summed E-state index contributed by atoms with van der Waals surface area (Å²) in [5.74, 6) is 0.334. The molecular weight excluding hydrogens is 280 g/mol. The largest absolute Gasteiger partial charge is 0.378 e. The number of likely N-dealkylation sites (tertiary alicyclic amines) is 1. The fourth-order valence-corrected chi connectivity index (χ4v) is 4.94. The number of hydrogen-bond acceptors (Lipinski definition) is 4. The normalized spacial score (nSPS) is 37.5. The second kappa shape index (κ2) is 6.10. The van der Waals surface area contributed by atoms with Crippen LogP contribution in [-0.2, 0) is 14.3 Å². The Morgan fingerprint density at radius 1 is 1.00 bits per heavy atom. The molecule has 3 heterocycles. The molecule has 1 amide bonds. The van der Waals surface area contributed by atoms with Crippen LogP contribution in [0.2, 0.25) is 0 Å². The highest BCUT2D eigenvalue weighted by Gasteiger charge is 2.55. The smallest absolute Gasteiger partial charge is 0.232 e. The summed E-state index contributed by atoms with van der Waals surface area (Å²) in [6, 6.07) is 0.705. The number of piperidine rings is 1. The van der Waals surface area contributed by atoms with Crippen LogP contribution in [0.15, 0.2) is 0 Å². The third-order valence-electron chi connectivity index (χ3n) is 6.21. The molecular formula is C17H28N2O3. The Hall–Kier alpha value is -0.650. The summed E-state index contributed by atoms with van der Waals surface area (Å²) in [5.41, 5.74) is -0.280. The summed E-state index contributed by atoms with van der Waals surface area (Å²) < 4.78 is 11.4. The molecule has 4 aliphatic rings. The SMILES string of the molecule is O=C(N1CCOCC1)[C@]12CCO[C@H]1CCN(C1CCCC1)C2. The van der Waals surface area contributed by atoms with Gasteiger partial charge in [0.05, 0.1) is 24.7 Å². The molecule has 0 aromatic carbocycles. The number of carbonyl (C=O) groups excluding carboxylic acids is 1. The first-order chi connectivity index (χ1) is 10.8. The number of carbonyl (C=O) groups is 1. The van der Waals surface area contributed by atoms with Gasteiger partial charge in [0.25, 0.3) is 0 Å². The quantitative estimate of drug-likeness (QED) is 0.770. The number of nitrogens with zero attached hydrogens (tertiary/aromatic N) is 2. The van der Waals surface area contributed by atoms with Gasteiger partial charge in [0.15, 0.2) is 0 Å². The van der Waals surface area contributed by atoms with Gasteiger partial charge < -0.3 is 14.4 Å². The first-order valence-corrected chi connectivity index (χ1v) is 9.02. The van der Waals surface area contributed by atoms with Gasteiger partial charge in [0, 0.05) is 38.8 Å². The van der Waals surface area contributed by atoms with Crippen molar-refractivity contribution in [1.82, 2.24) is 9.80 Å². The predicted octanol–water partition coefficient (Wildman–Crippen LogP) is 1.27. The van der Waals surface area contributed by atoms with Crippen molar-refractivity contribution in [3.63, 3.8) is 0 Å². The summed E-state index contributed by atoms with van der Waals surface area (Å²) in [6.45, 7) is 5.62. The number of hydrogen-bond donors (Lipinski definition) is 0. The summed E-state index contributed by atoms with van der Waals surface area (Å²) in [4.78, 5) is 17.9. The van der Waals surface area contributed by atoms with Crippen LogP contribution < -0.4 is 0 Å². The zero-order chi connectivity index (χ0) is 15.0. The average molecular weight is 308 g/mol. The molecule has 3 saturated heterocycles. The number of rotatable bonds is 2. The van der Waals surface area contributed by atoms with E-state index in [9.17, 15) is 4.79 Å². The second-order valence-electron chi connectivity index (χ2n) is 7.37. The topological polar surface area (TPSA) is 42.0 Å². The zero-order valence-electron chi connectivity index (χ0n) is 13.5. The van der Waals surface area contributed by atoms with Crippen LogP contribution in [0.25, 0.3) is 0 Å². The first-order valence-electron chi connectivity index (χ1n) is 9.02. The summed E-state index contributed by atoms with van der Waals surface area (Å²) in [7, 11) is 0. The molecule has 1 saturated carbocycles. The van der Waals surface area contributed by atoms with Gasteiger partial charge in [0.1, 0.15) is 0 Å². The highest BCUT2D eigenvalue weighted by atomic mass is 16.5. The van der Waals surface area contributed by atoms with Crippen molar-refractivity contribution in [3.8, 4) is 0 Å². The predicted molar refractivity (Wildman–Crippen MR) is 82.6 cm³/mol. The summed E-state index contributed by atoms with van der Waals surface area (Å²) in [5, 5.41) is 0. The molecule has 0 bridgehead atoms. The van der Waals surface area contributed by atoms with Crippen molar-refractivity contribution in [2.24, 2.45) is 5.41 Å². The van der Waals surface area contributed by atoms with E-state index in [1.807, 2.05) is 4.90 Å². The van der Waals surface area contributed by atoms with Crippen molar-refractivity contribution < 1.29 is 14.3 Å². The van der Waals surface area contributed by atoms with Gasteiger partial charge in [-0.2, -0.15) is 0 Å². The van der Waals surface area contributed by atoms with Gasteiger partial charge in [-0.25, -0.2) is 0 Å². The third kappa shape index (κ3) is 2.47. The molecule has 0 N–H and O–H groups in total. The lowest BCUT2D eigenvalue weighted by molar-refractivity contribution is -0.155. The minimum atomic E-state index is -0.280. The Bertz CT molecular complexity index is 418.